The molecule has 0 unspecified atom stereocenters. The van der Waals surface area contributed by atoms with E-state index < -0.39 is 6.10 Å². The maximum absolute atomic E-state index is 13.3. The highest BCUT2D eigenvalue weighted by Crippen LogP contribution is 2.31. The molecule has 1 N–H and O–H groups in total. The van der Waals surface area contributed by atoms with Gasteiger partial charge in [0, 0.05) is 43.0 Å². The first-order valence-electron chi connectivity index (χ1n) is 10.4. The standard InChI is InChI=1S/C23H27FN2O3/c1-15-19(12-22(29)25-11-3-4-18(27)14-25)23-20(5-2-6-21(23)28)26(15)13-16-7-9-17(24)10-8-16/h7-10,18,27H,2-6,11-14H2,1H3/t18-/m1/s1. The van der Waals surface area contributed by atoms with Crippen molar-refractivity contribution in [3.05, 3.63) is 58.2 Å². The van der Waals surface area contributed by atoms with Gasteiger partial charge < -0.3 is 14.6 Å². The molecule has 2 aliphatic rings. The van der Waals surface area contributed by atoms with Gasteiger partial charge in [0.25, 0.3) is 0 Å². The number of ketones is 1. The van der Waals surface area contributed by atoms with Crippen LogP contribution in [0.15, 0.2) is 24.3 Å². The van der Waals surface area contributed by atoms with Crippen molar-refractivity contribution in [2.45, 2.75) is 58.1 Å². The predicted molar refractivity (Wildman–Crippen MR) is 107 cm³/mol. The topological polar surface area (TPSA) is 62.5 Å². The number of aromatic nitrogens is 1. The lowest BCUT2D eigenvalue weighted by molar-refractivity contribution is -0.133. The van der Waals surface area contributed by atoms with Crippen LogP contribution >= 0.6 is 0 Å². The monoisotopic (exact) mass is 398 g/mol. The molecule has 5 nitrogen and oxygen atoms in total. The fraction of sp³-hybridized carbons (Fsp3) is 0.478. The number of hydrogen-bond acceptors (Lipinski definition) is 3. The van der Waals surface area contributed by atoms with Gasteiger partial charge in [0.1, 0.15) is 5.82 Å². The summed E-state index contributed by atoms with van der Waals surface area (Å²) in [5, 5.41) is 9.89. The third kappa shape index (κ3) is 3.99. The van der Waals surface area contributed by atoms with Crippen molar-refractivity contribution >= 4 is 11.7 Å². The number of β-amino-alcohol motifs (C(OH)–C–C–N with tert-alkyl or cyclic N) is 1. The summed E-state index contributed by atoms with van der Waals surface area (Å²) in [6.07, 6.45) is 3.37. The molecule has 0 spiro atoms. The van der Waals surface area contributed by atoms with E-state index in [9.17, 15) is 19.1 Å². The first-order valence-corrected chi connectivity index (χ1v) is 10.4. The highest BCUT2D eigenvalue weighted by atomic mass is 19.1. The van der Waals surface area contributed by atoms with E-state index in [1.165, 1.54) is 12.1 Å². The minimum absolute atomic E-state index is 0.0352. The molecule has 1 atom stereocenters. The molecule has 0 bridgehead atoms. The molecule has 1 aromatic carbocycles. The molecule has 29 heavy (non-hydrogen) atoms. The zero-order chi connectivity index (χ0) is 20.5. The lowest BCUT2D eigenvalue weighted by atomic mass is 9.91. The summed E-state index contributed by atoms with van der Waals surface area (Å²) < 4.78 is 15.4. The van der Waals surface area contributed by atoms with Crippen LogP contribution < -0.4 is 0 Å². The Kier molecular flexibility index (Phi) is 5.54. The maximum atomic E-state index is 13.3. The van der Waals surface area contributed by atoms with E-state index in [1.54, 1.807) is 17.0 Å². The molecular weight excluding hydrogens is 371 g/mol. The van der Waals surface area contributed by atoms with Crippen LogP contribution in [0.4, 0.5) is 4.39 Å². The maximum Gasteiger partial charge on any atom is 0.227 e. The van der Waals surface area contributed by atoms with Crippen LogP contribution in [0.1, 0.15) is 58.6 Å². The number of fused-ring (bicyclic) bond motifs is 1. The number of Topliss-reactive ketones (excluding diaryl/α,β-unsaturated/α-hetero) is 1. The van der Waals surface area contributed by atoms with Crippen molar-refractivity contribution in [3.63, 3.8) is 0 Å². The van der Waals surface area contributed by atoms with E-state index in [-0.39, 0.29) is 23.9 Å². The van der Waals surface area contributed by atoms with Crippen molar-refractivity contribution in [3.8, 4) is 0 Å². The molecule has 1 aliphatic carbocycles. The van der Waals surface area contributed by atoms with Crippen LogP contribution in [-0.4, -0.2) is 45.5 Å². The van der Waals surface area contributed by atoms with Gasteiger partial charge in [0.15, 0.2) is 5.78 Å². The van der Waals surface area contributed by atoms with Crippen molar-refractivity contribution < 1.29 is 19.1 Å². The number of rotatable bonds is 4. The molecular formula is C23H27FN2O3. The fourth-order valence-electron chi connectivity index (χ4n) is 4.63. The van der Waals surface area contributed by atoms with Crippen molar-refractivity contribution in [1.82, 2.24) is 9.47 Å². The number of aliphatic hydroxyl groups is 1. The summed E-state index contributed by atoms with van der Waals surface area (Å²) >= 11 is 0. The number of carbonyl (C=O) groups excluding carboxylic acids is 2. The van der Waals surface area contributed by atoms with Crippen LogP contribution in [0.5, 0.6) is 0 Å². The van der Waals surface area contributed by atoms with Gasteiger partial charge in [-0.1, -0.05) is 12.1 Å². The van der Waals surface area contributed by atoms with Gasteiger partial charge in [-0.2, -0.15) is 0 Å². The number of piperidine rings is 1. The third-order valence-corrected chi connectivity index (χ3v) is 6.19. The van der Waals surface area contributed by atoms with Gasteiger partial charge in [0.05, 0.1) is 12.5 Å². The van der Waals surface area contributed by atoms with Gasteiger partial charge in [-0.3, -0.25) is 9.59 Å². The minimum atomic E-state index is -0.465. The Morgan fingerprint density at radius 2 is 1.97 bits per heavy atom. The van der Waals surface area contributed by atoms with Crippen molar-refractivity contribution in [2.24, 2.45) is 0 Å². The average Bonchev–Trinajstić information content (AvgIpc) is 2.96. The third-order valence-electron chi connectivity index (χ3n) is 6.19. The SMILES string of the molecule is Cc1c(CC(=O)N2CCC[C@@H](O)C2)c2c(n1Cc1ccc(F)cc1)CCCC2=O. The van der Waals surface area contributed by atoms with Gasteiger partial charge in [-0.15, -0.1) is 0 Å². The molecule has 6 heteroatoms. The number of halogens is 1. The van der Waals surface area contributed by atoms with E-state index in [4.69, 9.17) is 0 Å². The Morgan fingerprint density at radius 1 is 1.21 bits per heavy atom. The highest BCUT2D eigenvalue weighted by Gasteiger charge is 2.31. The average molecular weight is 398 g/mol. The van der Waals surface area contributed by atoms with Crippen LogP contribution in [-0.2, 0) is 24.2 Å². The lowest BCUT2D eigenvalue weighted by Gasteiger charge is -2.30. The van der Waals surface area contributed by atoms with E-state index in [0.29, 0.717) is 31.6 Å². The normalized spacial score (nSPS) is 19.3. The second-order valence-corrected chi connectivity index (χ2v) is 8.19. The van der Waals surface area contributed by atoms with E-state index >= 15 is 0 Å². The van der Waals surface area contributed by atoms with Crippen molar-refractivity contribution in [2.75, 3.05) is 13.1 Å². The van der Waals surface area contributed by atoms with E-state index in [1.807, 2.05) is 6.92 Å². The minimum Gasteiger partial charge on any atom is -0.391 e. The zero-order valence-electron chi connectivity index (χ0n) is 16.8. The number of benzene rings is 1. The van der Waals surface area contributed by atoms with Crippen LogP contribution in [0.2, 0.25) is 0 Å². The van der Waals surface area contributed by atoms with Crippen LogP contribution in [0.25, 0.3) is 0 Å². The Bertz CT molecular complexity index is 933. The zero-order valence-corrected chi connectivity index (χ0v) is 16.8. The molecule has 0 radical (unpaired) electrons. The first-order chi connectivity index (χ1) is 13.9. The summed E-state index contributed by atoms with van der Waals surface area (Å²) in [6, 6.07) is 6.40. The second kappa shape index (κ2) is 8.11. The van der Waals surface area contributed by atoms with Crippen molar-refractivity contribution in [1.29, 1.82) is 0 Å². The summed E-state index contributed by atoms with van der Waals surface area (Å²) in [7, 11) is 0. The quantitative estimate of drug-likeness (QED) is 0.861. The number of amides is 1. The lowest BCUT2D eigenvalue weighted by Crippen LogP contribution is -2.43. The van der Waals surface area contributed by atoms with E-state index in [0.717, 1.165) is 48.2 Å². The molecule has 1 aromatic heterocycles. The Morgan fingerprint density at radius 3 is 2.69 bits per heavy atom. The van der Waals surface area contributed by atoms with Gasteiger partial charge in [-0.05, 0) is 55.9 Å². The molecule has 2 aromatic rings. The summed E-state index contributed by atoms with van der Waals surface area (Å²) in [5.41, 5.74) is 4.41. The molecule has 0 saturated carbocycles. The summed E-state index contributed by atoms with van der Waals surface area (Å²) in [6.45, 7) is 3.53. The van der Waals surface area contributed by atoms with E-state index in [2.05, 4.69) is 4.57 Å². The molecule has 1 amide bonds. The number of aliphatic hydroxyl groups excluding tert-OH is 1. The van der Waals surface area contributed by atoms with Crippen LogP contribution in [0, 0.1) is 12.7 Å². The Hall–Kier alpha value is -2.47. The molecule has 154 valence electrons. The Balaban J connectivity index is 1.66. The van der Waals surface area contributed by atoms with Gasteiger partial charge in [-0.25, -0.2) is 4.39 Å². The molecule has 1 fully saturated rings. The number of nitrogens with zero attached hydrogens (tertiary/aromatic N) is 2. The molecule has 1 aliphatic heterocycles. The highest BCUT2D eigenvalue weighted by molar-refractivity contribution is 6.01. The molecule has 2 heterocycles. The first kappa shape index (κ1) is 19.8. The second-order valence-electron chi connectivity index (χ2n) is 8.19. The fourth-order valence-corrected chi connectivity index (χ4v) is 4.63. The number of likely N-dealkylation sites (tertiary alicyclic amines) is 1. The summed E-state index contributed by atoms with van der Waals surface area (Å²) in [5.74, 6) is -0.203. The smallest absolute Gasteiger partial charge is 0.227 e. The molecule has 4 rings (SSSR count). The summed E-state index contributed by atoms with van der Waals surface area (Å²) in [4.78, 5) is 27.4. The molecule has 1 saturated heterocycles. The van der Waals surface area contributed by atoms with Crippen LogP contribution in [0.3, 0.4) is 0 Å². The largest absolute Gasteiger partial charge is 0.391 e. The Labute approximate surface area is 170 Å². The number of hydrogen-bond donors (Lipinski definition) is 1. The van der Waals surface area contributed by atoms with Gasteiger partial charge in [0.2, 0.25) is 5.91 Å². The number of carbonyl (C=O) groups is 2. The van der Waals surface area contributed by atoms with Gasteiger partial charge >= 0.3 is 0 Å². The predicted octanol–water partition coefficient (Wildman–Crippen LogP) is 3.03.